The molecule has 0 spiro atoms. The predicted molar refractivity (Wildman–Crippen MR) is 130 cm³/mol. The first-order valence-corrected chi connectivity index (χ1v) is 11.3. The second kappa shape index (κ2) is 9.61. The van der Waals surface area contributed by atoms with Gasteiger partial charge in [-0.2, -0.15) is 9.61 Å². The monoisotopic (exact) mass is 500 g/mol. The highest BCUT2D eigenvalue weighted by Crippen LogP contribution is 2.33. The van der Waals surface area contributed by atoms with Gasteiger partial charge in [-0.25, -0.2) is 14.2 Å². The molecule has 3 aromatic rings. The predicted octanol–water partition coefficient (Wildman–Crippen LogP) is 3.64. The average molecular weight is 501 g/mol. The molecule has 2 aromatic heterocycles. The summed E-state index contributed by atoms with van der Waals surface area (Å²) in [5.74, 6) is -0.504. The number of carbonyl (C=O) groups excluding carboxylic acids is 2. The van der Waals surface area contributed by atoms with Gasteiger partial charge in [0.05, 0.1) is 32.2 Å². The smallest absolute Gasteiger partial charge is 0.415 e. The topological polar surface area (TPSA) is 119 Å². The highest BCUT2D eigenvalue weighted by atomic mass is 19.1. The first kappa shape index (κ1) is 25.2. The van der Waals surface area contributed by atoms with Crippen LogP contribution >= 0.6 is 0 Å². The van der Waals surface area contributed by atoms with Gasteiger partial charge in [0.2, 0.25) is 0 Å². The molecule has 0 saturated heterocycles. The van der Waals surface area contributed by atoms with Crippen molar-refractivity contribution in [1.82, 2.24) is 19.9 Å². The number of halogens is 1. The van der Waals surface area contributed by atoms with Gasteiger partial charge in [0.1, 0.15) is 22.8 Å². The molecule has 1 aliphatic rings. The number of hydrogen-bond donors (Lipinski definition) is 2. The van der Waals surface area contributed by atoms with Crippen LogP contribution in [0.25, 0.3) is 5.65 Å². The lowest BCUT2D eigenvalue weighted by Crippen LogP contribution is -2.36. The van der Waals surface area contributed by atoms with E-state index in [0.29, 0.717) is 11.3 Å². The van der Waals surface area contributed by atoms with Crippen LogP contribution in [0.15, 0.2) is 24.4 Å². The number of anilines is 3. The molecule has 1 aromatic carbocycles. The van der Waals surface area contributed by atoms with Gasteiger partial charge < -0.3 is 24.8 Å². The maximum atomic E-state index is 14.8. The highest BCUT2D eigenvalue weighted by molar-refractivity contribution is 6.00. The molecule has 1 atom stereocenters. The molecule has 4 bridgehead atoms. The van der Waals surface area contributed by atoms with Gasteiger partial charge >= 0.3 is 6.09 Å². The van der Waals surface area contributed by atoms with Crippen molar-refractivity contribution in [3.8, 4) is 5.75 Å². The van der Waals surface area contributed by atoms with Crippen LogP contribution in [-0.2, 0) is 16.1 Å². The van der Waals surface area contributed by atoms with Crippen LogP contribution in [0.5, 0.6) is 5.75 Å². The lowest BCUT2D eigenvalue weighted by Gasteiger charge is -2.25. The van der Waals surface area contributed by atoms with E-state index in [9.17, 15) is 14.0 Å². The summed E-state index contributed by atoms with van der Waals surface area (Å²) in [7, 11) is 2.88. The van der Waals surface area contributed by atoms with Crippen molar-refractivity contribution < 1.29 is 28.2 Å². The minimum absolute atomic E-state index is 0.0191. The van der Waals surface area contributed by atoms with E-state index in [0.717, 1.165) is 0 Å². The number of hydrogen-bond acceptors (Lipinski definition) is 8. The first-order valence-electron chi connectivity index (χ1n) is 11.3. The summed E-state index contributed by atoms with van der Waals surface area (Å²) in [6, 6.07) is 4.22. The molecule has 3 heterocycles. The average Bonchev–Trinajstić information content (AvgIpc) is 3.20. The molecule has 192 valence electrons. The van der Waals surface area contributed by atoms with Gasteiger partial charge in [0.25, 0.3) is 5.91 Å². The standard InChI is InChI=1S/C24H29FN6O5/c1-13-11-35-12-14-7-16(25)20(34-6)17(8-14)28-18-9-19(30(5)23(33)36-24(2,3)4)31-21(29-18)15(10-26-31)22(32)27-13/h7-10,13H,11-12H2,1-6H3,(H,27,32)(H,28,29)/t13-/m1/s1. The minimum Gasteiger partial charge on any atom is -0.492 e. The molecular weight excluding hydrogens is 471 g/mol. The van der Waals surface area contributed by atoms with Gasteiger partial charge in [0, 0.05) is 19.2 Å². The second-order valence-electron chi connectivity index (χ2n) is 9.51. The molecule has 1 aliphatic heterocycles. The normalized spacial score (nSPS) is 16.2. The molecule has 12 heteroatoms. The maximum absolute atomic E-state index is 14.8. The summed E-state index contributed by atoms with van der Waals surface area (Å²) in [5, 5.41) is 10.2. The Labute approximate surface area is 207 Å². The third-order valence-electron chi connectivity index (χ3n) is 5.29. The van der Waals surface area contributed by atoms with E-state index in [1.807, 2.05) is 0 Å². The number of rotatable bonds is 2. The van der Waals surface area contributed by atoms with Crippen LogP contribution in [0, 0.1) is 5.82 Å². The van der Waals surface area contributed by atoms with E-state index in [2.05, 4.69) is 20.7 Å². The molecule has 2 N–H and O–H groups in total. The first-order chi connectivity index (χ1) is 17.0. The zero-order valence-electron chi connectivity index (χ0n) is 21.0. The van der Waals surface area contributed by atoms with Crippen molar-refractivity contribution in [2.45, 2.75) is 45.9 Å². The van der Waals surface area contributed by atoms with Crippen molar-refractivity contribution in [3.05, 3.63) is 41.3 Å². The molecule has 0 unspecified atom stereocenters. The largest absolute Gasteiger partial charge is 0.492 e. The molecule has 36 heavy (non-hydrogen) atoms. The molecule has 0 radical (unpaired) electrons. The molecule has 0 aliphatic carbocycles. The Morgan fingerprint density at radius 2 is 2.06 bits per heavy atom. The number of nitrogens with one attached hydrogen (secondary N) is 2. The van der Waals surface area contributed by atoms with Crippen molar-refractivity contribution >= 4 is 35.0 Å². The lowest BCUT2D eigenvalue weighted by molar-refractivity contribution is 0.0587. The van der Waals surface area contributed by atoms with Crippen LogP contribution in [0.4, 0.5) is 26.5 Å². The number of benzene rings is 1. The van der Waals surface area contributed by atoms with Gasteiger partial charge in [-0.15, -0.1) is 0 Å². The Bertz CT molecular complexity index is 1320. The minimum atomic E-state index is -0.731. The Morgan fingerprint density at radius 3 is 2.75 bits per heavy atom. The molecule has 0 saturated carbocycles. The number of carbonyl (C=O) groups is 2. The lowest BCUT2D eigenvalue weighted by atomic mass is 10.1. The van der Waals surface area contributed by atoms with Gasteiger partial charge in [-0.05, 0) is 45.4 Å². The number of nitrogens with zero attached hydrogens (tertiary/aromatic N) is 4. The Hall–Kier alpha value is -3.93. The number of methoxy groups -OCH3 is 1. The van der Waals surface area contributed by atoms with Crippen molar-refractivity contribution in [3.63, 3.8) is 0 Å². The quantitative estimate of drug-likeness (QED) is 0.547. The summed E-state index contributed by atoms with van der Waals surface area (Å²) < 4.78 is 32.6. The third kappa shape index (κ3) is 5.18. The SMILES string of the molecule is COc1c(F)cc2cc1Nc1cc(N(C)C(=O)OC(C)(C)C)n3ncc(c3n1)C(=O)N[C@H](C)COC2. The molecular formula is C24H29FN6O5. The summed E-state index contributed by atoms with van der Waals surface area (Å²) in [5.41, 5.74) is 0.500. The maximum Gasteiger partial charge on any atom is 0.415 e. The highest BCUT2D eigenvalue weighted by Gasteiger charge is 2.26. The van der Waals surface area contributed by atoms with Crippen LogP contribution in [0.2, 0.25) is 0 Å². The molecule has 2 amide bonds. The third-order valence-corrected chi connectivity index (χ3v) is 5.29. The van der Waals surface area contributed by atoms with Gasteiger partial charge in [-0.1, -0.05) is 0 Å². The van der Waals surface area contributed by atoms with Gasteiger partial charge in [-0.3, -0.25) is 9.69 Å². The number of fused-ring (bicyclic) bond motifs is 3. The molecule has 11 nitrogen and oxygen atoms in total. The Balaban J connectivity index is 1.90. The fraction of sp³-hybridized carbons (Fsp3) is 0.417. The van der Waals surface area contributed by atoms with Crippen LogP contribution < -0.4 is 20.3 Å². The van der Waals surface area contributed by atoms with Crippen molar-refractivity contribution in [1.29, 1.82) is 0 Å². The van der Waals surface area contributed by atoms with Gasteiger partial charge in [0.15, 0.2) is 17.2 Å². The van der Waals surface area contributed by atoms with Crippen LogP contribution in [0.3, 0.4) is 0 Å². The van der Waals surface area contributed by atoms with Crippen LogP contribution in [0.1, 0.15) is 43.6 Å². The van der Waals surface area contributed by atoms with E-state index in [1.165, 1.54) is 35.8 Å². The van der Waals surface area contributed by atoms with E-state index in [4.69, 9.17) is 14.2 Å². The van der Waals surface area contributed by atoms with E-state index >= 15 is 0 Å². The fourth-order valence-electron chi connectivity index (χ4n) is 3.70. The summed E-state index contributed by atoms with van der Waals surface area (Å²) in [6.07, 6.45) is 0.738. The number of amides is 2. The Morgan fingerprint density at radius 1 is 1.31 bits per heavy atom. The van der Waals surface area contributed by atoms with E-state index in [-0.39, 0.29) is 47.9 Å². The molecule has 0 fully saturated rings. The second-order valence-corrected chi connectivity index (χ2v) is 9.51. The van der Waals surface area contributed by atoms with E-state index < -0.39 is 23.4 Å². The van der Waals surface area contributed by atoms with Crippen LogP contribution in [-0.4, -0.2) is 59.0 Å². The Kier molecular flexibility index (Phi) is 6.72. The van der Waals surface area contributed by atoms with E-state index in [1.54, 1.807) is 39.8 Å². The molecule has 4 rings (SSSR count). The zero-order valence-corrected chi connectivity index (χ0v) is 21.0. The summed E-state index contributed by atoms with van der Waals surface area (Å²) in [4.78, 5) is 31.7. The summed E-state index contributed by atoms with van der Waals surface area (Å²) in [6.45, 7) is 7.38. The number of aromatic nitrogens is 3. The van der Waals surface area contributed by atoms with Crippen molar-refractivity contribution in [2.24, 2.45) is 0 Å². The number of ether oxygens (including phenoxy) is 3. The fourth-order valence-corrected chi connectivity index (χ4v) is 3.70. The zero-order chi connectivity index (χ0) is 26.2. The van der Waals surface area contributed by atoms with Crippen molar-refractivity contribution in [2.75, 3.05) is 31.0 Å². The summed E-state index contributed by atoms with van der Waals surface area (Å²) >= 11 is 0.